The van der Waals surface area contributed by atoms with Crippen LogP contribution in [0.5, 0.6) is 5.75 Å². The van der Waals surface area contributed by atoms with Crippen LogP contribution in [0, 0.1) is 0 Å². The van der Waals surface area contributed by atoms with E-state index in [-0.39, 0.29) is 22.6 Å². The zero-order chi connectivity index (χ0) is 22.0. The number of anilines is 1. The van der Waals surface area contributed by atoms with Gasteiger partial charge < -0.3 is 9.15 Å². The topological polar surface area (TPSA) is 111 Å². The Labute approximate surface area is 178 Å². The number of nitrogens with zero attached hydrogens (tertiary/aromatic N) is 2. The number of ether oxygens (including phenoxy) is 1. The molecule has 1 N–H and O–H groups in total. The highest BCUT2D eigenvalue weighted by atomic mass is 32.2. The molecule has 0 bridgehead atoms. The van der Waals surface area contributed by atoms with Gasteiger partial charge in [0.2, 0.25) is 5.89 Å². The summed E-state index contributed by atoms with van der Waals surface area (Å²) in [6.45, 7) is 1.58. The Kier molecular flexibility index (Phi) is 5.43. The van der Waals surface area contributed by atoms with Crippen molar-refractivity contribution in [2.75, 3.05) is 18.2 Å². The third-order valence-corrected chi connectivity index (χ3v) is 6.55. The molecule has 3 aromatic carbocycles. The molecule has 0 fully saturated rings. The van der Waals surface area contributed by atoms with Crippen LogP contribution in [-0.4, -0.2) is 37.4 Å². The lowest BCUT2D eigenvalue weighted by atomic mass is 10.1. The zero-order valence-corrected chi connectivity index (χ0v) is 17.6. The number of sulfone groups is 1. The SMILES string of the molecule is CCS(=O)(=O)c1ccc(-c2nnc(NC(=O)c3cc4ccccc4cc3OC)o2)cc1. The van der Waals surface area contributed by atoms with Crippen LogP contribution < -0.4 is 10.1 Å². The molecule has 8 nitrogen and oxygen atoms in total. The fourth-order valence-electron chi connectivity index (χ4n) is 3.09. The van der Waals surface area contributed by atoms with Gasteiger partial charge in [0.1, 0.15) is 5.75 Å². The standard InChI is InChI=1S/C22H19N3O5S/c1-3-31(27,28)17-10-8-14(9-11-17)21-24-25-22(30-21)23-20(26)18-12-15-6-4-5-7-16(15)13-19(18)29-2/h4-13H,3H2,1-2H3,(H,23,25,26). The lowest BCUT2D eigenvalue weighted by molar-refractivity contribution is 0.102. The number of rotatable bonds is 6. The van der Waals surface area contributed by atoms with E-state index in [0.717, 1.165) is 10.8 Å². The second kappa shape index (κ2) is 8.19. The number of benzene rings is 3. The maximum absolute atomic E-state index is 12.8. The van der Waals surface area contributed by atoms with Gasteiger partial charge in [-0.25, -0.2) is 8.42 Å². The summed E-state index contributed by atoms with van der Waals surface area (Å²) in [5, 5.41) is 12.2. The molecule has 4 rings (SSSR count). The minimum absolute atomic E-state index is 0.0152. The highest BCUT2D eigenvalue weighted by Gasteiger charge is 2.18. The van der Waals surface area contributed by atoms with Gasteiger partial charge in [-0.2, -0.15) is 0 Å². The highest BCUT2D eigenvalue weighted by molar-refractivity contribution is 7.91. The molecule has 0 radical (unpaired) electrons. The number of carbonyl (C=O) groups excluding carboxylic acids is 1. The Hall–Kier alpha value is -3.72. The van der Waals surface area contributed by atoms with Crippen molar-refractivity contribution in [2.24, 2.45) is 0 Å². The van der Waals surface area contributed by atoms with Crippen molar-refractivity contribution >= 4 is 32.5 Å². The zero-order valence-electron chi connectivity index (χ0n) is 16.8. The first kappa shape index (κ1) is 20.5. The van der Waals surface area contributed by atoms with Crippen molar-refractivity contribution in [1.82, 2.24) is 10.2 Å². The third-order valence-electron chi connectivity index (χ3n) is 4.80. The lowest BCUT2D eigenvalue weighted by Crippen LogP contribution is -2.13. The van der Waals surface area contributed by atoms with Crippen LogP contribution in [0.3, 0.4) is 0 Å². The van der Waals surface area contributed by atoms with Crippen molar-refractivity contribution in [2.45, 2.75) is 11.8 Å². The number of aromatic nitrogens is 2. The number of carbonyl (C=O) groups is 1. The quantitative estimate of drug-likeness (QED) is 0.486. The summed E-state index contributed by atoms with van der Waals surface area (Å²) in [6.07, 6.45) is 0. The van der Waals surface area contributed by atoms with E-state index in [0.29, 0.717) is 16.9 Å². The summed E-state index contributed by atoms with van der Waals surface area (Å²) in [6, 6.07) is 17.2. The third kappa shape index (κ3) is 4.13. The summed E-state index contributed by atoms with van der Waals surface area (Å²) in [4.78, 5) is 13.0. The molecular weight excluding hydrogens is 418 g/mol. The van der Waals surface area contributed by atoms with Crippen molar-refractivity contribution in [3.63, 3.8) is 0 Å². The van der Waals surface area contributed by atoms with Crippen molar-refractivity contribution in [1.29, 1.82) is 0 Å². The molecule has 0 unspecified atom stereocenters. The molecule has 0 saturated carbocycles. The van der Waals surface area contributed by atoms with E-state index in [4.69, 9.17) is 9.15 Å². The van der Waals surface area contributed by atoms with Crippen LogP contribution in [-0.2, 0) is 9.84 Å². The van der Waals surface area contributed by atoms with Gasteiger partial charge in [-0.05, 0) is 47.2 Å². The first-order valence-corrected chi connectivity index (χ1v) is 11.1. The van der Waals surface area contributed by atoms with Crippen molar-refractivity contribution < 1.29 is 22.4 Å². The summed E-state index contributed by atoms with van der Waals surface area (Å²) < 4.78 is 34.8. The summed E-state index contributed by atoms with van der Waals surface area (Å²) in [5.74, 6) is 0.133. The fraction of sp³-hybridized carbons (Fsp3) is 0.136. The first-order valence-electron chi connectivity index (χ1n) is 9.46. The molecular formula is C22H19N3O5S. The van der Waals surface area contributed by atoms with Crippen LogP contribution in [0.2, 0.25) is 0 Å². The van der Waals surface area contributed by atoms with Gasteiger partial charge >= 0.3 is 6.01 Å². The van der Waals surface area contributed by atoms with Crippen LogP contribution in [0.25, 0.3) is 22.2 Å². The van der Waals surface area contributed by atoms with Gasteiger partial charge in [-0.1, -0.05) is 36.3 Å². The van der Waals surface area contributed by atoms with E-state index in [9.17, 15) is 13.2 Å². The molecule has 1 amide bonds. The van der Waals surface area contributed by atoms with E-state index >= 15 is 0 Å². The number of fused-ring (bicyclic) bond motifs is 1. The highest BCUT2D eigenvalue weighted by Crippen LogP contribution is 2.27. The molecule has 0 aliphatic heterocycles. The second-order valence-electron chi connectivity index (χ2n) is 6.69. The average molecular weight is 437 g/mol. The normalized spacial score (nSPS) is 11.4. The van der Waals surface area contributed by atoms with Gasteiger partial charge in [0, 0.05) is 5.56 Å². The molecule has 9 heteroatoms. The molecule has 158 valence electrons. The summed E-state index contributed by atoms with van der Waals surface area (Å²) in [5.41, 5.74) is 0.862. The first-order chi connectivity index (χ1) is 14.9. The molecule has 0 spiro atoms. The lowest BCUT2D eigenvalue weighted by Gasteiger charge is -2.09. The Morgan fingerprint density at radius 2 is 1.71 bits per heavy atom. The largest absolute Gasteiger partial charge is 0.496 e. The number of nitrogens with one attached hydrogen (secondary N) is 1. The molecule has 0 aliphatic carbocycles. The van der Waals surface area contributed by atoms with Gasteiger partial charge in [0.15, 0.2) is 9.84 Å². The molecule has 31 heavy (non-hydrogen) atoms. The minimum atomic E-state index is -3.30. The predicted octanol–water partition coefficient (Wildman–Crippen LogP) is 3.94. The molecule has 1 heterocycles. The van der Waals surface area contributed by atoms with Gasteiger partial charge in [0.05, 0.1) is 23.3 Å². The molecule has 0 aliphatic rings. The Bertz CT molecular complexity index is 1360. The number of hydrogen-bond donors (Lipinski definition) is 1. The van der Waals surface area contributed by atoms with Crippen LogP contribution in [0.1, 0.15) is 17.3 Å². The average Bonchev–Trinajstić information content (AvgIpc) is 3.26. The molecule has 1 aromatic heterocycles. The molecule has 0 saturated heterocycles. The van der Waals surface area contributed by atoms with E-state index in [1.165, 1.54) is 19.2 Å². The van der Waals surface area contributed by atoms with Crippen LogP contribution >= 0.6 is 0 Å². The van der Waals surface area contributed by atoms with Gasteiger partial charge in [-0.3, -0.25) is 10.1 Å². The summed E-state index contributed by atoms with van der Waals surface area (Å²) >= 11 is 0. The second-order valence-corrected chi connectivity index (χ2v) is 8.97. The van der Waals surface area contributed by atoms with Crippen molar-refractivity contribution in [3.8, 4) is 17.2 Å². The van der Waals surface area contributed by atoms with E-state index in [1.807, 2.05) is 24.3 Å². The maximum atomic E-state index is 12.8. The van der Waals surface area contributed by atoms with Gasteiger partial charge in [-0.15, -0.1) is 5.10 Å². The molecule has 0 atom stereocenters. The number of amides is 1. The maximum Gasteiger partial charge on any atom is 0.322 e. The fourth-order valence-corrected chi connectivity index (χ4v) is 3.98. The predicted molar refractivity (Wildman–Crippen MR) is 116 cm³/mol. The van der Waals surface area contributed by atoms with Crippen LogP contribution in [0.15, 0.2) is 70.0 Å². The van der Waals surface area contributed by atoms with Crippen LogP contribution in [0.4, 0.5) is 6.01 Å². The number of hydrogen-bond acceptors (Lipinski definition) is 7. The Morgan fingerprint density at radius 1 is 1.03 bits per heavy atom. The Balaban J connectivity index is 1.57. The number of methoxy groups -OCH3 is 1. The van der Waals surface area contributed by atoms with Crippen molar-refractivity contribution in [3.05, 3.63) is 66.2 Å². The minimum Gasteiger partial charge on any atom is -0.496 e. The molecule has 4 aromatic rings. The Morgan fingerprint density at radius 3 is 2.35 bits per heavy atom. The van der Waals surface area contributed by atoms with E-state index in [1.54, 1.807) is 31.2 Å². The van der Waals surface area contributed by atoms with Gasteiger partial charge in [0.25, 0.3) is 5.91 Å². The smallest absolute Gasteiger partial charge is 0.322 e. The monoisotopic (exact) mass is 437 g/mol. The van der Waals surface area contributed by atoms with E-state index in [2.05, 4.69) is 15.5 Å². The van der Waals surface area contributed by atoms with E-state index < -0.39 is 15.7 Å². The summed E-state index contributed by atoms with van der Waals surface area (Å²) in [7, 11) is -1.80.